The predicted octanol–water partition coefficient (Wildman–Crippen LogP) is 3.06. The van der Waals surface area contributed by atoms with Gasteiger partial charge in [-0.3, -0.25) is 0 Å². The van der Waals surface area contributed by atoms with E-state index < -0.39 is 5.97 Å². The number of ether oxygens (including phenoxy) is 1. The van der Waals surface area contributed by atoms with Crippen LogP contribution in [0.3, 0.4) is 0 Å². The van der Waals surface area contributed by atoms with Gasteiger partial charge in [0.05, 0.1) is 7.11 Å². The number of halogens is 1. The van der Waals surface area contributed by atoms with Gasteiger partial charge in [0.1, 0.15) is 0 Å². The Morgan fingerprint density at radius 3 is 2.53 bits per heavy atom. The van der Waals surface area contributed by atoms with Crippen LogP contribution in [0.1, 0.15) is 30.4 Å². The summed E-state index contributed by atoms with van der Waals surface area (Å²) in [5.41, 5.74) is 0. The van der Waals surface area contributed by atoms with Crippen LogP contribution in [0.5, 0.6) is 0 Å². The number of hydrogen-bond donors (Lipinski definition) is 0. The summed E-state index contributed by atoms with van der Waals surface area (Å²) in [6.45, 7) is 6.38. The van der Waals surface area contributed by atoms with Crippen molar-refractivity contribution in [1.29, 1.82) is 0 Å². The molecule has 0 fully saturated rings. The minimum atomic E-state index is -0.440. The molecule has 1 aromatic rings. The summed E-state index contributed by atoms with van der Waals surface area (Å²) >= 11 is 7.17. The number of carbonyl (C=O) groups is 1. The molecule has 17 heavy (non-hydrogen) atoms. The number of aromatic nitrogens is 1. The second kappa shape index (κ2) is 5.69. The van der Waals surface area contributed by atoms with Gasteiger partial charge in [-0.05, 0) is 12.8 Å². The first-order chi connectivity index (χ1) is 7.88. The highest BCUT2D eigenvalue weighted by atomic mass is 35.5. The fourth-order valence-electron chi connectivity index (χ4n) is 1.28. The van der Waals surface area contributed by atoms with Gasteiger partial charge in [-0.1, -0.05) is 36.8 Å². The molecule has 0 aliphatic heterocycles. The molecular weight excluding hydrogens is 260 g/mol. The molecule has 1 heterocycles. The van der Waals surface area contributed by atoms with Crippen molar-refractivity contribution in [2.45, 2.75) is 26.8 Å². The number of rotatable bonds is 4. The van der Waals surface area contributed by atoms with Crippen molar-refractivity contribution in [3.8, 4) is 0 Å². The Balaban J connectivity index is 2.97. The van der Waals surface area contributed by atoms with Crippen LogP contribution in [0.15, 0.2) is 0 Å². The van der Waals surface area contributed by atoms with E-state index in [1.54, 1.807) is 0 Å². The summed E-state index contributed by atoms with van der Waals surface area (Å²) in [6, 6.07) is 0.322. The van der Waals surface area contributed by atoms with E-state index in [1.807, 2.05) is 11.9 Å². The van der Waals surface area contributed by atoms with Crippen LogP contribution in [-0.2, 0) is 4.74 Å². The third-order valence-electron chi connectivity index (χ3n) is 2.82. The van der Waals surface area contributed by atoms with Gasteiger partial charge in [-0.15, -0.1) is 0 Å². The highest BCUT2D eigenvalue weighted by Gasteiger charge is 2.22. The van der Waals surface area contributed by atoms with Crippen LogP contribution in [0, 0.1) is 5.92 Å². The van der Waals surface area contributed by atoms with Gasteiger partial charge >= 0.3 is 5.97 Å². The molecule has 0 bridgehead atoms. The van der Waals surface area contributed by atoms with Gasteiger partial charge in [-0.2, -0.15) is 0 Å². The normalized spacial score (nSPS) is 12.6. The van der Waals surface area contributed by atoms with Crippen LogP contribution >= 0.6 is 22.9 Å². The van der Waals surface area contributed by atoms with E-state index in [2.05, 4.69) is 30.5 Å². The molecule has 6 heteroatoms. The maximum absolute atomic E-state index is 11.4. The largest absolute Gasteiger partial charge is 0.465 e. The van der Waals surface area contributed by atoms with Crippen LogP contribution in [0.2, 0.25) is 5.15 Å². The molecule has 0 aliphatic carbocycles. The maximum Gasteiger partial charge on any atom is 0.351 e. The van der Waals surface area contributed by atoms with Crippen molar-refractivity contribution in [3.63, 3.8) is 0 Å². The van der Waals surface area contributed by atoms with Gasteiger partial charge in [0, 0.05) is 13.1 Å². The zero-order chi connectivity index (χ0) is 13.2. The molecule has 4 nitrogen and oxygen atoms in total. The lowest BCUT2D eigenvalue weighted by Crippen LogP contribution is -2.32. The third kappa shape index (κ3) is 3.10. The van der Waals surface area contributed by atoms with Crippen molar-refractivity contribution in [3.05, 3.63) is 10.0 Å². The van der Waals surface area contributed by atoms with Crippen molar-refractivity contribution in [1.82, 2.24) is 4.98 Å². The number of carbonyl (C=O) groups excluding carboxylic acids is 1. The molecule has 96 valence electrons. The lowest BCUT2D eigenvalue weighted by molar-refractivity contribution is 0.0606. The van der Waals surface area contributed by atoms with E-state index in [-0.39, 0.29) is 5.15 Å². The van der Waals surface area contributed by atoms with Crippen molar-refractivity contribution < 1.29 is 9.53 Å². The zero-order valence-electron chi connectivity index (χ0n) is 10.7. The summed E-state index contributed by atoms with van der Waals surface area (Å²) in [6.07, 6.45) is 0. The van der Waals surface area contributed by atoms with Gasteiger partial charge in [0.2, 0.25) is 0 Å². The smallest absolute Gasteiger partial charge is 0.351 e. The molecule has 1 rings (SSSR count). The second-order valence-corrected chi connectivity index (χ2v) is 5.54. The molecule has 0 aliphatic rings. The Hall–Kier alpha value is -0.810. The van der Waals surface area contributed by atoms with Crippen molar-refractivity contribution in [2.24, 2.45) is 5.92 Å². The van der Waals surface area contributed by atoms with E-state index in [0.29, 0.717) is 16.8 Å². The molecule has 0 amide bonds. The molecule has 0 aromatic carbocycles. The molecule has 1 atom stereocenters. The third-order valence-corrected chi connectivity index (χ3v) is 4.33. The van der Waals surface area contributed by atoms with E-state index >= 15 is 0 Å². The predicted molar refractivity (Wildman–Crippen MR) is 71.2 cm³/mol. The second-order valence-electron chi connectivity index (χ2n) is 4.20. The number of nitrogens with zero attached hydrogens (tertiary/aromatic N) is 2. The minimum Gasteiger partial charge on any atom is -0.465 e. The van der Waals surface area contributed by atoms with Crippen molar-refractivity contribution >= 4 is 34.0 Å². The molecule has 0 N–H and O–H groups in total. The first kappa shape index (κ1) is 14.3. The standard InChI is InChI=1S/C11H17ClN2O2S/c1-6(2)7(3)14(4)11-13-9(12)8(17-11)10(15)16-5/h6-7H,1-5H3/t7-/m1/s1. The first-order valence-electron chi connectivity index (χ1n) is 5.36. The number of methoxy groups -OCH3 is 1. The van der Waals surface area contributed by atoms with Gasteiger partial charge < -0.3 is 9.64 Å². The molecule has 0 saturated heterocycles. The van der Waals surface area contributed by atoms with Crippen LogP contribution in [0.4, 0.5) is 5.13 Å². The van der Waals surface area contributed by atoms with Gasteiger partial charge in [0.15, 0.2) is 15.2 Å². The molecule has 0 spiro atoms. The van der Waals surface area contributed by atoms with Crippen molar-refractivity contribution in [2.75, 3.05) is 19.1 Å². The summed E-state index contributed by atoms with van der Waals surface area (Å²) in [4.78, 5) is 18.0. The van der Waals surface area contributed by atoms with Gasteiger partial charge in [-0.25, -0.2) is 9.78 Å². The minimum absolute atomic E-state index is 0.208. The van der Waals surface area contributed by atoms with Crippen LogP contribution in [0.25, 0.3) is 0 Å². The molecule has 0 unspecified atom stereocenters. The molecule has 1 aromatic heterocycles. The van der Waals surface area contributed by atoms with Crippen LogP contribution < -0.4 is 4.90 Å². The first-order valence-corrected chi connectivity index (χ1v) is 6.55. The van der Waals surface area contributed by atoms with E-state index in [4.69, 9.17) is 11.6 Å². The lowest BCUT2D eigenvalue weighted by atomic mass is 10.1. The number of esters is 1. The molecule has 0 radical (unpaired) electrons. The Morgan fingerprint density at radius 2 is 2.06 bits per heavy atom. The average Bonchev–Trinajstić information content (AvgIpc) is 2.68. The summed E-state index contributed by atoms with van der Waals surface area (Å²) in [7, 11) is 3.28. The molecule has 0 saturated carbocycles. The number of anilines is 1. The Labute approximate surface area is 111 Å². The highest BCUT2D eigenvalue weighted by molar-refractivity contribution is 7.18. The Kier molecular flexibility index (Phi) is 4.77. The number of hydrogen-bond acceptors (Lipinski definition) is 5. The lowest BCUT2D eigenvalue weighted by Gasteiger charge is -2.27. The summed E-state index contributed by atoms with van der Waals surface area (Å²) in [5.74, 6) is 0.0496. The SMILES string of the molecule is COC(=O)c1sc(N(C)[C@H](C)C(C)C)nc1Cl. The van der Waals surface area contributed by atoms with E-state index in [0.717, 1.165) is 5.13 Å². The maximum atomic E-state index is 11.4. The highest BCUT2D eigenvalue weighted by Crippen LogP contribution is 2.31. The average molecular weight is 277 g/mol. The fourth-order valence-corrected chi connectivity index (χ4v) is 2.53. The monoisotopic (exact) mass is 276 g/mol. The fraction of sp³-hybridized carbons (Fsp3) is 0.636. The van der Waals surface area contributed by atoms with E-state index in [1.165, 1.54) is 18.4 Å². The molecular formula is C11H17ClN2O2S. The van der Waals surface area contributed by atoms with E-state index in [9.17, 15) is 4.79 Å². The topological polar surface area (TPSA) is 42.4 Å². The summed E-state index contributed by atoms with van der Waals surface area (Å²) < 4.78 is 4.65. The Morgan fingerprint density at radius 1 is 1.47 bits per heavy atom. The number of thiazole rings is 1. The van der Waals surface area contributed by atoms with Crippen LogP contribution in [-0.4, -0.2) is 31.2 Å². The zero-order valence-corrected chi connectivity index (χ0v) is 12.2. The summed E-state index contributed by atoms with van der Waals surface area (Å²) in [5, 5.41) is 0.941. The quantitative estimate of drug-likeness (QED) is 0.793. The Bertz CT molecular complexity index is 406. The van der Waals surface area contributed by atoms with Gasteiger partial charge in [0.25, 0.3) is 0 Å².